The van der Waals surface area contributed by atoms with Gasteiger partial charge in [0.2, 0.25) is 0 Å². The van der Waals surface area contributed by atoms with Gasteiger partial charge in [0.25, 0.3) is 0 Å². The summed E-state index contributed by atoms with van der Waals surface area (Å²) in [5.41, 5.74) is 2.02. The van der Waals surface area contributed by atoms with E-state index in [1.807, 2.05) is 42.5 Å². The Labute approximate surface area is 253 Å². The first-order chi connectivity index (χ1) is 20.4. The van der Waals surface area contributed by atoms with E-state index >= 15 is 0 Å². The normalized spacial score (nSPS) is 13.0. The predicted octanol–water partition coefficient (Wildman–Crippen LogP) is 5.31. The van der Waals surface area contributed by atoms with Crippen LogP contribution in [0.2, 0.25) is 0 Å². The van der Waals surface area contributed by atoms with Crippen molar-refractivity contribution in [3.05, 3.63) is 54.6 Å². The summed E-state index contributed by atoms with van der Waals surface area (Å²) < 4.78 is 26.1. The second kappa shape index (κ2) is 17.7. The lowest BCUT2D eigenvalue weighted by atomic mass is 9.85. The highest BCUT2D eigenvalue weighted by atomic mass is 16.6. The van der Waals surface area contributed by atoms with Crippen LogP contribution in [0.3, 0.4) is 0 Å². The summed E-state index contributed by atoms with van der Waals surface area (Å²) in [6.07, 6.45) is -1.12. The molecule has 0 aromatic heterocycles. The second-order valence-electron chi connectivity index (χ2n) is 10.8. The van der Waals surface area contributed by atoms with Crippen LogP contribution in [0.1, 0.15) is 60.8 Å². The monoisotopic (exact) mass is 598 g/mol. The molecule has 2 aromatic rings. The Morgan fingerprint density at radius 2 is 1.14 bits per heavy atom. The van der Waals surface area contributed by atoms with E-state index in [2.05, 4.69) is 0 Å². The van der Waals surface area contributed by atoms with E-state index in [-0.39, 0.29) is 38.6 Å². The van der Waals surface area contributed by atoms with Crippen LogP contribution in [0, 0.1) is 17.8 Å². The van der Waals surface area contributed by atoms with Crippen molar-refractivity contribution in [2.75, 3.05) is 13.2 Å². The third-order valence-electron chi connectivity index (χ3n) is 6.31. The van der Waals surface area contributed by atoms with E-state index in [0.717, 1.165) is 11.1 Å². The standard InChI is InChI=1S/C33H42O10/c1-21(2)41-32(37)24(6)28(33(38)42-22(3)4)20-23(5)31(36)40-19-18-39-29(34)16-17-30(35)43-27-14-12-26(13-15-27)25-10-8-7-9-11-25/h7-15,21-24,28H,16-20H2,1-6H3. The van der Waals surface area contributed by atoms with Crippen LogP contribution in [0.5, 0.6) is 5.75 Å². The molecule has 3 atom stereocenters. The first-order valence-corrected chi connectivity index (χ1v) is 14.5. The van der Waals surface area contributed by atoms with Crippen LogP contribution in [-0.4, -0.2) is 55.3 Å². The van der Waals surface area contributed by atoms with Crippen LogP contribution in [0.25, 0.3) is 11.1 Å². The summed E-state index contributed by atoms with van der Waals surface area (Å²) in [6, 6.07) is 16.8. The molecule has 0 bridgehead atoms. The molecule has 0 saturated carbocycles. The molecule has 2 aromatic carbocycles. The number of hydrogen-bond acceptors (Lipinski definition) is 10. The van der Waals surface area contributed by atoms with Gasteiger partial charge in [-0.05, 0) is 57.4 Å². The Kier molecular flexibility index (Phi) is 14.4. The van der Waals surface area contributed by atoms with Crippen molar-refractivity contribution in [3.63, 3.8) is 0 Å². The van der Waals surface area contributed by atoms with E-state index in [0.29, 0.717) is 5.75 Å². The average Bonchev–Trinajstić information content (AvgIpc) is 2.96. The van der Waals surface area contributed by atoms with Gasteiger partial charge in [-0.25, -0.2) is 0 Å². The van der Waals surface area contributed by atoms with Crippen molar-refractivity contribution in [1.29, 1.82) is 0 Å². The van der Waals surface area contributed by atoms with Gasteiger partial charge in [-0.3, -0.25) is 24.0 Å². The second-order valence-corrected chi connectivity index (χ2v) is 10.8. The maximum Gasteiger partial charge on any atom is 0.311 e. The molecule has 0 fully saturated rings. The van der Waals surface area contributed by atoms with Crippen molar-refractivity contribution in [3.8, 4) is 16.9 Å². The van der Waals surface area contributed by atoms with Crippen LogP contribution in [0.4, 0.5) is 0 Å². The molecule has 0 spiro atoms. The van der Waals surface area contributed by atoms with Crippen molar-refractivity contribution < 1.29 is 47.7 Å². The van der Waals surface area contributed by atoms with E-state index < -0.39 is 53.7 Å². The lowest BCUT2D eigenvalue weighted by Gasteiger charge is -2.25. The fraction of sp³-hybridized carbons (Fsp3) is 0.485. The van der Waals surface area contributed by atoms with E-state index in [4.69, 9.17) is 23.7 Å². The van der Waals surface area contributed by atoms with Gasteiger partial charge >= 0.3 is 29.8 Å². The first-order valence-electron chi connectivity index (χ1n) is 14.5. The molecule has 0 amide bonds. The molecule has 43 heavy (non-hydrogen) atoms. The minimum Gasteiger partial charge on any atom is -0.463 e. The minimum atomic E-state index is -0.907. The largest absolute Gasteiger partial charge is 0.463 e. The molecule has 10 nitrogen and oxygen atoms in total. The molecule has 0 heterocycles. The highest BCUT2D eigenvalue weighted by Crippen LogP contribution is 2.26. The molecule has 0 N–H and O–H groups in total. The zero-order chi connectivity index (χ0) is 31.9. The van der Waals surface area contributed by atoms with Gasteiger partial charge in [0.1, 0.15) is 19.0 Å². The Bertz CT molecular complexity index is 1200. The van der Waals surface area contributed by atoms with Crippen LogP contribution in [0.15, 0.2) is 54.6 Å². The summed E-state index contributed by atoms with van der Waals surface area (Å²) >= 11 is 0. The van der Waals surface area contributed by atoms with Crippen LogP contribution >= 0.6 is 0 Å². The summed E-state index contributed by atoms with van der Waals surface area (Å²) in [5, 5.41) is 0. The quantitative estimate of drug-likeness (QED) is 0.108. The first kappa shape index (κ1) is 35.0. The zero-order valence-electron chi connectivity index (χ0n) is 25.7. The Hall–Kier alpha value is -4.21. The number of rotatable bonds is 16. The molecule has 0 aliphatic rings. The van der Waals surface area contributed by atoms with Gasteiger partial charge in [0, 0.05) is 0 Å². The molecular weight excluding hydrogens is 556 g/mol. The molecule has 2 rings (SSSR count). The van der Waals surface area contributed by atoms with E-state index in [9.17, 15) is 24.0 Å². The van der Waals surface area contributed by atoms with Gasteiger partial charge in [0.05, 0.1) is 42.8 Å². The van der Waals surface area contributed by atoms with Gasteiger partial charge in [-0.1, -0.05) is 56.3 Å². The molecule has 10 heteroatoms. The van der Waals surface area contributed by atoms with Gasteiger partial charge < -0.3 is 23.7 Å². The summed E-state index contributed by atoms with van der Waals surface area (Å²) in [4.78, 5) is 61.8. The number of benzene rings is 2. The summed E-state index contributed by atoms with van der Waals surface area (Å²) in [6.45, 7) is 9.52. The van der Waals surface area contributed by atoms with Gasteiger partial charge in [-0.15, -0.1) is 0 Å². The lowest BCUT2D eigenvalue weighted by Crippen LogP contribution is -2.35. The number of carbonyl (C=O) groups excluding carboxylic acids is 5. The van der Waals surface area contributed by atoms with Crippen LogP contribution < -0.4 is 4.74 Å². The maximum absolute atomic E-state index is 12.7. The summed E-state index contributed by atoms with van der Waals surface area (Å²) in [7, 11) is 0. The van der Waals surface area contributed by atoms with E-state index in [1.54, 1.807) is 53.7 Å². The van der Waals surface area contributed by atoms with Crippen molar-refractivity contribution in [1.82, 2.24) is 0 Å². The summed E-state index contributed by atoms with van der Waals surface area (Å²) in [5.74, 6) is -5.12. The van der Waals surface area contributed by atoms with Gasteiger partial charge in [0.15, 0.2) is 0 Å². The number of esters is 5. The smallest absolute Gasteiger partial charge is 0.311 e. The Morgan fingerprint density at radius 1 is 0.605 bits per heavy atom. The highest BCUT2D eigenvalue weighted by Gasteiger charge is 2.36. The third kappa shape index (κ3) is 12.7. The fourth-order valence-electron chi connectivity index (χ4n) is 4.05. The third-order valence-corrected chi connectivity index (χ3v) is 6.31. The molecule has 0 saturated heterocycles. The van der Waals surface area contributed by atoms with E-state index in [1.165, 1.54) is 0 Å². The van der Waals surface area contributed by atoms with Crippen LogP contribution in [-0.2, 0) is 42.9 Å². The maximum atomic E-state index is 12.7. The molecule has 0 radical (unpaired) electrons. The Balaban J connectivity index is 1.73. The number of carbonyl (C=O) groups is 5. The zero-order valence-corrected chi connectivity index (χ0v) is 25.7. The minimum absolute atomic E-state index is 0.00955. The molecular formula is C33H42O10. The lowest BCUT2D eigenvalue weighted by molar-refractivity contribution is -0.166. The SMILES string of the molecule is CC(C)OC(=O)C(C)C(CC(C)C(=O)OCCOC(=O)CCC(=O)Oc1ccc(-c2ccccc2)cc1)C(=O)OC(C)C. The topological polar surface area (TPSA) is 132 Å². The average molecular weight is 599 g/mol. The number of ether oxygens (including phenoxy) is 5. The molecule has 3 unspecified atom stereocenters. The van der Waals surface area contributed by atoms with Crippen molar-refractivity contribution >= 4 is 29.8 Å². The predicted molar refractivity (Wildman–Crippen MR) is 158 cm³/mol. The molecule has 0 aliphatic carbocycles. The van der Waals surface area contributed by atoms with Crippen molar-refractivity contribution in [2.24, 2.45) is 17.8 Å². The van der Waals surface area contributed by atoms with Gasteiger partial charge in [-0.2, -0.15) is 0 Å². The Morgan fingerprint density at radius 3 is 1.74 bits per heavy atom. The molecule has 0 aliphatic heterocycles. The van der Waals surface area contributed by atoms with Crippen molar-refractivity contribution in [2.45, 2.75) is 73.0 Å². The fourth-order valence-corrected chi connectivity index (χ4v) is 4.05. The molecule has 234 valence electrons. The highest BCUT2D eigenvalue weighted by molar-refractivity contribution is 5.83. The number of hydrogen-bond donors (Lipinski definition) is 0.